The number of nitro benzene ring substituents is 1. The maximum Gasteiger partial charge on any atom is 0.269 e. The summed E-state index contributed by atoms with van der Waals surface area (Å²) in [6.07, 6.45) is 4.48. The summed E-state index contributed by atoms with van der Waals surface area (Å²) in [5, 5.41) is 13.0. The van der Waals surface area contributed by atoms with Crippen molar-refractivity contribution in [2.45, 2.75) is 96.3 Å². The van der Waals surface area contributed by atoms with Crippen LogP contribution in [0.5, 0.6) is 0 Å². The molecule has 0 saturated carbocycles. The Labute approximate surface area is 199 Å². The third-order valence-corrected chi connectivity index (χ3v) is 11.5. The molecule has 186 valence electrons. The van der Waals surface area contributed by atoms with Gasteiger partial charge in [0.1, 0.15) is 6.17 Å². The second kappa shape index (κ2) is 10.9. The molecule has 9 heteroatoms. The number of nitro groups is 1. The Balaban J connectivity index is 1.95. The van der Waals surface area contributed by atoms with Crippen molar-refractivity contribution in [3.05, 3.63) is 39.9 Å². The fraction of sp³-hybridized carbons (Fsp3) is 0.750. The molecule has 1 aromatic carbocycles. The maximum absolute atomic E-state index is 11.2. The van der Waals surface area contributed by atoms with Crippen LogP contribution in [-0.2, 0) is 14.1 Å². The molecule has 0 radical (unpaired) electrons. The average molecular weight is 480 g/mol. The molecule has 2 fully saturated rings. The van der Waals surface area contributed by atoms with Crippen LogP contribution in [0.4, 0.5) is 5.69 Å². The minimum absolute atomic E-state index is 0.0186. The molecule has 2 saturated heterocycles. The van der Waals surface area contributed by atoms with Crippen molar-refractivity contribution in [1.82, 2.24) is 10.1 Å². The maximum atomic E-state index is 11.2. The average Bonchev–Trinajstić information content (AvgIpc) is 3.27. The van der Waals surface area contributed by atoms with Gasteiger partial charge in [0.15, 0.2) is 6.29 Å². The van der Waals surface area contributed by atoms with Gasteiger partial charge in [0, 0.05) is 31.1 Å². The molecular weight excluding hydrogens is 438 g/mol. The third-order valence-electron chi connectivity index (χ3n) is 7.22. The number of likely N-dealkylation sites (tertiary alicyclic amines) is 1. The molecule has 2 heterocycles. The summed E-state index contributed by atoms with van der Waals surface area (Å²) >= 11 is 0. The van der Waals surface area contributed by atoms with Crippen LogP contribution >= 0.6 is 0 Å². The molecule has 2 aliphatic heterocycles. The SMILES string of the molecule is CCCCO[C@@H]1C[C@H](c2ccc([N+](=O)[O-])cc2)[C@@H](N2CCCC2)N(O[Si](C)(C)C(C)(C)C)O1. The van der Waals surface area contributed by atoms with Gasteiger partial charge in [0.2, 0.25) is 8.32 Å². The Morgan fingerprint density at radius 1 is 1.18 bits per heavy atom. The Bertz CT molecular complexity index is 777. The molecule has 3 atom stereocenters. The third kappa shape index (κ3) is 6.40. The zero-order valence-electron chi connectivity index (χ0n) is 21.1. The van der Waals surface area contributed by atoms with Gasteiger partial charge >= 0.3 is 0 Å². The van der Waals surface area contributed by atoms with Crippen LogP contribution in [0.15, 0.2) is 24.3 Å². The standard InChI is InChI=1S/C24H41N3O5Si/c1-7-8-17-30-22-18-21(19-11-13-20(14-12-19)26(28)29)23(25-15-9-10-16-25)27(31-22)32-33(5,6)24(2,3)4/h11-14,21-23H,7-10,15-18H2,1-6H3/t21-,22+,23+/m1/s1. The van der Waals surface area contributed by atoms with Crippen molar-refractivity contribution < 1.29 is 19.0 Å². The molecule has 2 aliphatic rings. The van der Waals surface area contributed by atoms with E-state index in [2.05, 4.69) is 45.7 Å². The Hall–Kier alpha value is -1.36. The van der Waals surface area contributed by atoms with Gasteiger partial charge < -0.3 is 9.26 Å². The predicted octanol–water partition coefficient (Wildman–Crippen LogP) is 5.82. The summed E-state index contributed by atoms with van der Waals surface area (Å²) in [4.78, 5) is 19.7. The molecule has 0 unspecified atom stereocenters. The summed E-state index contributed by atoms with van der Waals surface area (Å²) in [7, 11) is -2.18. The van der Waals surface area contributed by atoms with Gasteiger partial charge in [-0.3, -0.25) is 15.0 Å². The number of unbranched alkanes of at least 4 members (excludes halogenated alkanes) is 1. The normalized spacial score (nSPS) is 25.5. The molecule has 33 heavy (non-hydrogen) atoms. The highest BCUT2D eigenvalue weighted by atomic mass is 28.4. The second-order valence-electron chi connectivity index (χ2n) is 10.7. The molecule has 0 aromatic heterocycles. The van der Waals surface area contributed by atoms with E-state index in [0.717, 1.165) is 44.3 Å². The van der Waals surface area contributed by atoms with Gasteiger partial charge in [-0.1, -0.05) is 51.5 Å². The number of non-ortho nitro benzene ring substituents is 1. The van der Waals surface area contributed by atoms with Gasteiger partial charge in [-0.25, -0.2) is 4.84 Å². The number of nitrogens with zero attached hydrogens (tertiary/aromatic N) is 3. The van der Waals surface area contributed by atoms with E-state index in [4.69, 9.17) is 14.1 Å². The molecular formula is C24H41N3O5Si. The van der Waals surface area contributed by atoms with E-state index in [9.17, 15) is 10.1 Å². The smallest absolute Gasteiger partial charge is 0.269 e. The van der Waals surface area contributed by atoms with Crippen LogP contribution in [0.2, 0.25) is 18.1 Å². The van der Waals surface area contributed by atoms with Crippen LogP contribution < -0.4 is 0 Å². The van der Waals surface area contributed by atoms with Crippen molar-refractivity contribution >= 4 is 14.0 Å². The van der Waals surface area contributed by atoms with Crippen molar-refractivity contribution in [2.24, 2.45) is 0 Å². The van der Waals surface area contributed by atoms with Crippen LogP contribution in [0, 0.1) is 10.1 Å². The minimum Gasteiger partial charge on any atom is -0.351 e. The first kappa shape index (κ1) is 26.2. The quantitative estimate of drug-likeness (QED) is 0.191. The fourth-order valence-electron chi connectivity index (χ4n) is 4.14. The summed E-state index contributed by atoms with van der Waals surface area (Å²) in [5.41, 5.74) is 1.15. The van der Waals surface area contributed by atoms with E-state index >= 15 is 0 Å². The van der Waals surface area contributed by atoms with Crippen LogP contribution in [0.25, 0.3) is 0 Å². The highest BCUT2D eigenvalue weighted by molar-refractivity contribution is 6.74. The van der Waals surface area contributed by atoms with Crippen LogP contribution in [-0.4, -0.2) is 55.5 Å². The van der Waals surface area contributed by atoms with Gasteiger partial charge in [0.05, 0.1) is 4.92 Å². The molecule has 0 bridgehead atoms. The van der Waals surface area contributed by atoms with E-state index < -0.39 is 14.6 Å². The van der Waals surface area contributed by atoms with Gasteiger partial charge in [-0.2, -0.15) is 0 Å². The van der Waals surface area contributed by atoms with Gasteiger partial charge in [0.25, 0.3) is 5.69 Å². The minimum atomic E-state index is -2.18. The van der Waals surface area contributed by atoms with E-state index in [1.165, 1.54) is 0 Å². The lowest BCUT2D eigenvalue weighted by atomic mass is 9.90. The lowest BCUT2D eigenvalue weighted by Gasteiger charge is -2.50. The Morgan fingerprint density at radius 2 is 1.82 bits per heavy atom. The van der Waals surface area contributed by atoms with E-state index in [1.54, 1.807) is 17.4 Å². The van der Waals surface area contributed by atoms with Crippen molar-refractivity contribution in [2.75, 3.05) is 19.7 Å². The van der Waals surface area contributed by atoms with Crippen molar-refractivity contribution in [3.8, 4) is 0 Å². The first-order valence-corrected chi connectivity index (χ1v) is 15.2. The highest BCUT2D eigenvalue weighted by Crippen LogP contribution is 2.43. The first-order chi connectivity index (χ1) is 15.5. The molecule has 0 aliphatic carbocycles. The number of ether oxygens (including phenoxy) is 1. The monoisotopic (exact) mass is 479 g/mol. The number of rotatable bonds is 9. The zero-order valence-corrected chi connectivity index (χ0v) is 22.1. The fourth-order valence-corrected chi connectivity index (χ4v) is 5.01. The van der Waals surface area contributed by atoms with Gasteiger partial charge in [-0.05, 0) is 56.0 Å². The van der Waals surface area contributed by atoms with Crippen molar-refractivity contribution in [1.29, 1.82) is 0 Å². The Kier molecular flexibility index (Phi) is 8.69. The summed E-state index contributed by atoms with van der Waals surface area (Å²) in [6.45, 7) is 15.8. The summed E-state index contributed by atoms with van der Waals surface area (Å²) in [6, 6.07) is 6.95. The lowest BCUT2D eigenvalue weighted by molar-refractivity contribution is -0.442. The van der Waals surface area contributed by atoms with Crippen LogP contribution in [0.3, 0.4) is 0 Å². The number of hydrogen-bond donors (Lipinski definition) is 0. The zero-order chi connectivity index (χ0) is 24.2. The summed E-state index contributed by atoms with van der Waals surface area (Å²) < 4.78 is 12.9. The summed E-state index contributed by atoms with van der Waals surface area (Å²) in [5.74, 6) is 0.0500. The van der Waals surface area contributed by atoms with E-state index in [0.29, 0.717) is 13.0 Å². The number of benzene rings is 1. The molecule has 0 spiro atoms. The second-order valence-corrected chi connectivity index (χ2v) is 15.4. The molecule has 3 rings (SSSR count). The molecule has 0 N–H and O–H groups in total. The number of hydrogen-bond acceptors (Lipinski definition) is 7. The molecule has 1 aromatic rings. The lowest BCUT2D eigenvalue weighted by Crippen LogP contribution is -2.60. The first-order valence-electron chi connectivity index (χ1n) is 12.3. The topological polar surface area (TPSA) is 77.3 Å². The largest absolute Gasteiger partial charge is 0.351 e. The highest BCUT2D eigenvalue weighted by Gasteiger charge is 2.48. The predicted molar refractivity (Wildman–Crippen MR) is 131 cm³/mol. The van der Waals surface area contributed by atoms with Crippen molar-refractivity contribution in [3.63, 3.8) is 0 Å². The molecule has 0 amide bonds. The Morgan fingerprint density at radius 3 is 2.36 bits per heavy atom. The number of hydroxylamine groups is 2. The van der Waals surface area contributed by atoms with E-state index in [-0.39, 0.29) is 27.7 Å². The van der Waals surface area contributed by atoms with E-state index in [1.807, 2.05) is 12.1 Å². The van der Waals surface area contributed by atoms with Crippen LogP contribution in [0.1, 0.15) is 71.3 Å². The van der Waals surface area contributed by atoms with Gasteiger partial charge in [-0.15, -0.1) is 0 Å². The molecule has 8 nitrogen and oxygen atoms in total.